The lowest BCUT2D eigenvalue weighted by Crippen LogP contribution is -2.17. The number of methoxy groups -OCH3 is 1. The van der Waals surface area contributed by atoms with E-state index in [1.54, 1.807) is 25.3 Å². The van der Waals surface area contributed by atoms with Crippen LogP contribution in [0.25, 0.3) is 10.9 Å². The van der Waals surface area contributed by atoms with Crippen molar-refractivity contribution in [2.45, 2.75) is 6.92 Å². The van der Waals surface area contributed by atoms with E-state index < -0.39 is 0 Å². The van der Waals surface area contributed by atoms with Gasteiger partial charge in [0.15, 0.2) is 11.5 Å². The molecule has 3 aromatic rings. The summed E-state index contributed by atoms with van der Waals surface area (Å²) < 4.78 is 10.6. The Balaban J connectivity index is 1.72. The van der Waals surface area contributed by atoms with Crippen molar-refractivity contribution in [1.29, 1.82) is 0 Å². The van der Waals surface area contributed by atoms with Gasteiger partial charge in [0.25, 0.3) is 5.91 Å². The third-order valence-electron chi connectivity index (χ3n) is 3.75. The molecule has 0 aliphatic carbocycles. The van der Waals surface area contributed by atoms with Crippen molar-refractivity contribution in [3.05, 3.63) is 53.7 Å². The second-order valence-electron chi connectivity index (χ2n) is 5.46. The summed E-state index contributed by atoms with van der Waals surface area (Å²) in [4.78, 5) is 15.3. The van der Waals surface area contributed by atoms with Gasteiger partial charge in [0.2, 0.25) is 0 Å². The number of H-pyrrole nitrogens is 1. The predicted octanol–water partition coefficient (Wildman–Crippen LogP) is 3.04. The number of hydrogen-bond acceptors (Lipinski definition) is 5. The molecule has 0 saturated heterocycles. The summed E-state index contributed by atoms with van der Waals surface area (Å²) in [7, 11) is 1.58. The zero-order valence-corrected chi connectivity index (χ0v) is 14.4. The number of benzene rings is 2. The van der Waals surface area contributed by atoms with E-state index in [-0.39, 0.29) is 11.7 Å². The second-order valence-corrected chi connectivity index (χ2v) is 5.46. The standard InChI is InChI=1S/C19H19N3O4/c1-3-26-18-9-12(7-8-16(18)23)11-20-22-19(24)15-10-13-14(21-15)5-4-6-17(13)25-2/h4-11,21,23H,3H2,1-2H3,(H,22,24)/b20-11+. The summed E-state index contributed by atoms with van der Waals surface area (Å²) in [5.41, 5.74) is 4.33. The van der Waals surface area contributed by atoms with Gasteiger partial charge in [-0.25, -0.2) is 5.43 Å². The molecule has 0 aliphatic heterocycles. The van der Waals surface area contributed by atoms with Crippen molar-refractivity contribution in [2.75, 3.05) is 13.7 Å². The fraction of sp³-hybridized carbons (Fsp3) is 0.158. The van der Waals surface area contributed by atoms with E-state index in [0.717, 1.165) is 10.9 Å². The van der Waals surface area contributed by atoms with Gasteiger partial charge in [-0.05, 0) is 48.9 Å². The highest BCUT2D eigenvalue weighted by atomic mass is 16.5. The van der Waals surface area contributed by atoms with Gasteiger partial charge >= 0.3 is 0 Å². The maximum Gasteiger partial charge on any atom is 0.287 e. The fourth-order valence-corrected chi connectivity index (χ4v) is 2.54. The SMILES string of the molecule is CCOc1cc(/C=N/NC(=O)c2cc3c(OC)cccc3[nH]2)ccc1O. The number of aromatic nitrogens is 1. The zero-order valence-electron chi connectivity index (χ0n) is 14.4. The first-order valence-electron chi connectivity index (χ1n) is 8.07. The van der Waals surface area contributed by atoms with E-state index >= 15 is 0 Å². The molecule has 2 aromatic carbocycles. The number of hydrazone groups is 1. The molecule has 0 spiro atoms. The highest BCUT2D eigenvalue weighted by Gasteiger charge is 2.11. The molecule has 1 heterocycles. The number of nitrogens with zero attached hydrogens (tertiary/aromatic N) is 1. The first kappa shape index (κ1) is 17.3. The van der Waals surface area contributed by atoms with Crippen LogP contribution in [-0.2, 0) is 0 Å². The Morgan fingerprint density at radius 1 is 1.27 bits per heavy atom. The number of phenolic OH excluding ortho intramolecular Hbond substituents is 1. The van der Waals surface area contributed by atoms with Crippen LogP contribution >= 0.6 is 0 Å². The third-order valence-corrected chi connectivity index (χ3v) is 3.75. The van der Waals surface area contributed by atoms with Crippen LogP contribution in [0, 0.1) is 0 Å². The van der Waals surface area contributed by atoms with Gasteiger partial charge in [0, 0.05) is 10.9 Å². The molecule has 7 heteroatoms. The van der Waals surface area contributed by atoms with Crippen LogP contribution in [0.4, 0.5) is 0 Å². The molecule has 7 nitrogen and oxygen atoms in total. The minimum atomic E-state index is -0.372. The Labute approximate surface area is 150 Å². The third kappa shape index (κ3) is 3.61. The topological polar surface area (TPSA) is 95.9 Å². The number of ether oxygens (including phenoxy) is 2. The molecular formula is C19H19N3O4. The monoisotopic (exact) mass is 353 g/mol. The maximum atomic E-state index is 12.3. The lowest BCUT2D eigenvalue weighted by molar-refractivity contribution is 0.0951. The molecule has 26 heavy (non-hydrogen) atoms. The molecule has 0 saturated carbocycles. The van der Waals surface area contributed by atoms with Crippen LogP contribution < -0.4 is 14.9 Å². The number of rotatable bonds is 6. The minimum Gasteiger partial charge on any atom is -0.504 e. The summed E-state index contributed by atoms with van der Waals surface area (Å²) in [6.45, 7) is 2.27. The fourth-order valence-electron chi connectivity index (χ4n) is 2.54. The van der Waals surface area contributed by atoms with Gasteiger partial charge in [-0.3, -0.25) is 4.79 Å². The molecule has 3 N–H and O–H groups in total. The predicted molar refractivity (Wildman–Crippen MR) is 99.2 cm³/mol. The highest BCUT2D eigenvalue weighted by molar-refractivity contribution is 6.00. The average molecular weight is 353 g/mol. The number of aromatic hydroxyl groups is 1. The number of aromatic amines is 1. The number of phenols is 1. The van der Waals surface area contributed by atoms with Gasteiger partial charge in [-0.2, -0.15) is 5.10 Å². The van der Waals surface area contributed by atoms with Crippen LogP contribution in [0.1, 0.15) is 23.0 Å². The van der Waals surface area contributed by atoms with Gasteiger partial charge in [-0.1, -0.05) is 6.07 Å². The molecule has 1 aromatic heterocycles. The summed E-state index contributed by atoms with van der Waals surface area (Å²) in [5, 5.41) is 14.5. The largest absolute Gasteiger partial charge is 0.504 e. The molecule has 3 rings (SSSR count). The molecule has 0 bridgehead atoms. The van der Waals surface area contributed by atoms with Crippen LogP contribution in [0.5, 0.6) is 17.2 Å². The quantitative estimate of drug-likeness (QED) is 0.469. The Morgan fingerprint density at radius 2 is 2.12 bits per heavy atom. The second kappa shape index (κ2) is 7.60. The maximum absolute atomic E-state index is 12.3. The van der Waals surface area contributed by atoms with Crippen LogP contribution in [0.3, 0.4) is 0 Å². The Hall–Kier alpha value is -3.48. The average Bonchev–Trinajstić information content (AvgIpc) is 3.09. The van der Waals surface area contributed by atoms with Crippen molar-refractivity contribution >= 4 is 23.0 Å². The number of nitrogens with one attached hydrogen (secondary N) is 2. The lowest BCUT2D eigenvalue weighted by Gasteiger charge is -2.05. The van der Waals surface area contributed by atoms with E-state index in [4.69, 9.17) is 9.47 Å². The molecule has 0 radical (unpaired) electrons. The number of amides is 1. The summed E-state index contributed by atoms with van der Waals surface area (Å²) >= 11 is 0. The van der Waals surface area contributed by atoms with Crippen LogP contribution in [0.15, 0.2) is 47.6 Å². The van der Waals surface area contributed by atoms with E-state index in [1.165, 1.54) is 12.3 Å². The van der Waals surface area contributed by atoms with Gasteiger partial charge in [-0.15, -0.1) is 0 Å². The lowest BCUT2D eigenvalue weighted by atomic mass is 10.2. The Bertz CT molecular complexity index is 963. The van der Waals surface area contributed by atoms with Crippen molar-refractivity contribution in [3.8, 4) is 17.2 Å². The van der Waals surface area contributed by atoms with Crippen LogP contribution in [0.2, 0.25) is 0 Å². The first-order chi connectivity index (χ1) is 12.6. The smallest absolute Gasteiger partial charge is 0.287 e. The van der Waals surface area contributed by atoms with Gasteiger partial charge < -0.3 is 19.6 Å². The molecule has 0 fully saturated rings. The molecule has 134 valence electrons. The molecular weight excluding hydrogens is 334 g/mol. The Morgan fingerprint density at radius 3 is 2.88 bits per heavy atom. The molecule has 0 unspecified atom stereocenters. The molecule has 0 aliphatic rings. The number of fused-ring (bicyclic) bond motifs is 1. The number of carbonyl (C=O) groups is 1. The number of hydrogen-bond donors (Lipinski definition) is 3. The normalized spacial score (nSPS) is 11.0. The van der Waals surface area contributed by atoms with E-state index in [1.807, 2.05) is 25.1 Å². The van der Waals surface area contributed by atoms with E-state index in [0.29, 0.717) is 29.4 Å². The molecule has 1 amide bonds. The first-order valence-corrected chi connectivity index (χ1v) is 8.07. The van der Waals surface area contributed by atoms with Crippen LogP contribution in [-0.4, -0.2) is 35.9 Å². The van der Waals surface area contributed by atoms with Gasteiger partial charge in [0.05, 0.1) is 19.9 Å². The number of carbonyl (C=O) groups excluding carboxylic acids is 1. The van der Waals surface area contributed by atoms with Crippen molar-refractivity contribution in [3.63, 3.8) is 0 Å². The van der Waals surface area contributed by atoms with Crippen molar-refractivity contribution in [1.82, 2.24) is 10.4 Å². The summed E-state index contributed by atoms with van der Waals surface area (Å²) in [6, 6.07) is 12.1. The van der Waals surface area contributed by atoms with Crippen molar-refractivity contribution in [2.24, 2.45) is 5.10 Å². The minimum absolute atomic E-state index is 0.0556. The van der Waals surface area contributed by atoms with E-state index in [9.17, 15) is 9.90 Å². The summed E-state index contributed by atoms with van der Waals surface area (Å²) in [6.07, 6.45) is 1.48. The molecule has 0 atom stereocenters. The van der Waals surface area contributed by atoms with Gasteiger partial charge in [0.1, 0.15) is 11.4 Å². The van der Waals surface area contributed by atoms with Crippen molar-refractivity contribution < 1.29 is 19.4 Å². The Kier molecular flexibility index (Phi) is 5.07. The summed E-state index contributed by atoms with van der Waals surface area (Å²) in [5.74, 6) is 0.739. The highest BCUT2D eigenvalue weighted by Crippen LogP contribution is 2.27. The zero-order chi connectivity index (χ0) is 18.5. The van der Waals surface area contributed by atoms with E-state index in [2.05, 4.69) is 15.5 Å².